The molecule has 0 saturated carbocycles. The van der Waals surface area contributed by atoms with E-state index in [0.717, 1.165) is 5.56 Å². The Balaban J connectivity index is 2.12. The Bertz CT molecular complexity index is 327. The molecule has 1 aromatic carbocycles. The summed E-state index contributed by atoms with van der Waals surface area (Å²) in [6.45, 7) is 3.90. The van der Waals surface area contributed by atoms with Gasteiger partial charge in [0, 0.05) is 6.54 Å². The second-order valence-electron chi connectivity index (χ2n) is 4.11. The van der Waals surface area contributed by atoms with Crippen LogP contribution in [0.5, 0.6) is 0 Å². The summed E-state index contributed by atoms with van der Waals surface area (Å²) < 4.78 is 5.56. The van der Waals surface area contributed by atoms with E-state index < -0.39 is 0 Å². The lowest BCUT2D eigenvalue weighted by Crippen LogP contribution is -2.34. The van der Waals surface area contributed by atoms with Gasteiger partial charge in [-0.3, -0.25) is 4.79 Å². The summed E-state index contributed by atoms with van der Waals surface area (Å²) in [7, 11) is 0. The van der Waals surface area contributed by atoms with Crippen LogP contribution in [0, 0.1) is 5.92 Å². The van der Waals surface area contributed by atoms with Crippen molar-refractivity contribution in [2.75, 3.05) is 19.7 Å². The van der Waals surface area contributed by atoms with Crippen molar-refractivity contribution in [3.63, 3.8) is 0 Å². The molecule has 0 aromatic heterocycles. The summed E-state index contributed by atoms with van der Waals surface area (Å²) >= 11 is 0. The molecule has 0 bridgehead atoms. The number of carbonyl (C=O) groups is 1. The van der Waals surface area contributed by atoms with Gasteiger partial charge in [0.2, 0.25) is 5.91 Å². The number of amides is 1. The largest absolute Gasteiger partial charge is 0.376 e. The molecule has 4 nitrogen and oxygen atoms in total. The van der Waals surface area contributed by atoms with Crippen LogP contribution >= 0.6 is 0 Å². The molecule has 1 amide bonds. The lowest BCUT2D eigenvalue weighted by molar-refractivity contribution is -0.119. The molecule has 1 aromatic rings. The quantitative estimate of drug-likeness (QED) is 0.739. The van der Waals surface area contributed by atoms with E-state index in [1.165, 1.54) is 0 Å². The fourth-order valence-electron chi connectivity index (χ4n) is 1.37. The molecule has 1 atom stereocenters. The van der Waals surface area contributed by atoms with Crippen molar-refractivity contribution < 1.29 is 9.53 Å². The third kappa shape index (κ3) is 6.04. The van der Waals surface area contributed by atoms with E-state index in [9.17, 15) is 4.79 Å². The molecule has 0 spiro atoms. The van der Waals surface area contributed by atoms with Crippen molar-refractivity contribution in [2.45, 2.75) is 13.5 Å². The lowest BCUT2D eigenvalue weighted by Gasteiger charge is -2.12. The molecule has 0 aliphatic rings. The molecule has 0 fully saturated rings. The Morgan fingerprint density at radius 1 is 1.41 bits per heavy atom. The average Bonchev–Trinajstić information content (AvgIpc) is 2.37. The number of nitrogens with two attached hydrogens (primary N) is 1. The highest BCUT2D eigenvalue weighted by Gasteiger charge is 2.04. The van der Waals surface area contributed by atoms with Crippen molar-refractivity contribution >= 4 is 5.91 Å². The summed E-state index contributed by atoms with van der Waals surface area (Å²) in [6.07, 6.45) is 0. The van der Waals surface area contributed by atoms with Gasteiger partial charge in [0.1, 0.15) is 0 Å². The Hall–Kier alpha value is -1.39. The van der Waals surface area contributed by atoms with Crippen molar-refractivity contribution in [3.05, 3.63) is 35.9 Å². The van der Waals surface area contributed by atoms with Crippen LogP contribution in [0.3, 0.4) is 0 Å². The molecular formula is C13H20N2O2. The summed E-state index contributed by atoms with van der Waals surface area (Å²) in [6, 6.07) is 10.0. The van der Waals surface area contributed by atoms with Gasteiger partial charge >= 0.3 is 0 Å². The minimum Gasteiger partial charge on any atom is -0.376 e. The third-order valence-corrected chi connectivity index (χ3v) is 2.35. The Morgan fingerprint density at radius 3 is 2.76 bits per heavy atom. The molecule has 0 aliphatic carbocycles. The zero-order valence-corrected chi connectivity index (χ0v) is 10.2. The van der Waals surface area contributed by atoms with Crippen LogP contribution in [0.15, 0.2) is 30.3 Å². The van der Waals surface area contributed by atoms with Crippen LogP contribution < -0.4 is 11.1 Å². The average molecular weight is 236 g/mol. The topological polar surface area (TPSA) is 64.4 Å². The first-order valence-electron chi connectivity index (χ1n) is 5.80. The second kappa shape index (κ2) is 7.81. The standard InChI is InChI=1S/C13H20N2O2/c1-11(8-15-13(16)7-14)9-17-10-12-5-3-2-4-6-12/h2-6,11H,7-10,14H2,1H3,(H,15,16). The molecule has 0 aliphatic heterocycles. The van der Waals surface area contributed by atoms with Gasteiger partial charge in [0.25, 0.3) is 0 Å². The Labute approximate surface area is 102 Å². The van der Waals surface area contributed by atoms with Gasteiger partial charge in [-0.2, -0.15) is 0 Å². The number of nitrogens with one attached hydrogen (secondary N) is 1. The van der Waals surface area contributed by atoms with Gasteiger partial charge in [0.15, 0.2) is 0 Å². The van der Waals surface area contributed by atoms with Crippen LogP contribution in [0.2, 0.25) is 0 Å². The van der Waals surface area contributed by atoms with Gasteiger partial charge in [-0.1, -0.05) is 37.3 Å². The smallest absolute Gasteiger partial charge is 0.233 e. The number of rotatable bonds is 7. The fraction of sp³-hybridized carbons (Fsp3) is 0.462. The molecular weight excluding hydrogens is 216 g/mol. The minimum atomic E-state index is -0.125. The first-order valence-corrected chi connectivity index (χ1v) is 5.80. The highest BCUT2D eigenvalue weighted by Crippen LogP contribution is 2.02. The third-order valence-electron chi connectivity index (χ3n) is 2.35. The highest BCUT2D eigenvalue weighted by atomic mass is 16.5. The first kappa shape index (κ1) is 13.7. The summed E-state index contributed by atoms with van der Waals surface area (Å²) in [5.74, 6) is 0.161. The normalized spacial score (nSPS) is 12.1. The minimum absolute atomic E-state index is 0.0393. The Morgan fingerprint density at radius 2 is 2.12 bits per heavy atom. The van der Waals surface area contributed by atoms with E-state index in [-0.39, 0.29) is 18.4 Å². The van der Waals surface area contributed by atoms with Gasteiger partial charge in [-0.25, -0.2) is 0 Å². The maximum absolute atomic E-state index is 10.9. The first-order chi connectivity index (χ1) is 8.22. The summed E-state index contributed by atoms with van der Waals surface area (Å²) in [4.78, 5) is 10.9. The summed E-state index contributed by atoms with van der Waals surface area (Å²) in [5, 5.41) is 2.74. The fourth-order valence-corrected chi connectivity index (χ4v) is 1.37. The van der Waals surface area contributed by atoms with E-state index in [1.54, 1.807) is 0 Å². The van der Waals surface area contributed by atoms with E-state index in [2.05, 4.69) is 5.32 Å². The number of ether oxygens (including phenoxy) is 1. The highest BCUT2D eigenvalue weighted by molar-refractivity contribution is 5.77. The number of hydrogen-bond donors (Lipinski definition) is 2. The maximum atomic E-state index is 10.9. The maximum Gasteiger partial charge on any atom is 0.233 e. The van der Waals surface area contributed by atoms with E-state index in [1.807, 2.05) is 37.3 Å². The zero-order chi connectivity index (χ0) is 12.5. The van der Waals surface area contributed by atoms with Crippen molar-refractivity contribution in [2.24, 2.45) is 11.7 Å². The van der Waals surface area contributed by atoms with Crippen LogP contribution in [0.25, 0.3) is 0 Å². The predicted molar refractivity (Wildman–Crippen MR) is 67.3 cm³/mol. The molecule has 0 radical (unpaired) electrons. The number of hydrogen-bond acceptors (Lipinski definition) is 3. The van der Waals surface area contributed by atoms with Gasteiger partial charge in [-0.15, -0.1) is 0 Å². The summed E-state index contributed by atoms with van der Waals surface area (Å²) in [5.41, 5.74) is 6.35. The molecule has 17 heavy (non-hydrogen) atoms. The van der Waals surface area contributed by atoms with Crippen LogP contribution in [0.1, 0.15) is 12.5 Å². The van der Waals surface area contributed by atoms with Crippen LogP contribution in [0.4, 0.5) is 0 Å². The second-order valence-corrected chi connectivity index (χ2v) is 4.11. The molecule has 0 heterocycles. The zero-order valence-electron chi connectivity index (χ0n) is 10.2. The molecule has 3 N–H and O–H groups in total. The van der Waals surface area contributed by atoms with Crippen molar-refractivity contribution in [1.82, 2.24) is 5.32 Å². The Kier molecular flexibility index (Phi) is 6.29. The lowest BCUT2D eigenvalue weighted by atomic mass is 10.2. The molecule has 4 heteroatoms. The molecule has 1 unspecified atom stereocenters. The van der Waals surface area contributed by atoms with Gasteiger partial charge < -0.3 is 15.8 Å². The van der Waals surface area contributed by atoms with E-state index >= 15 is 0 Å². The molecule has 1 rings (SSSR count). The monoisotopic (exact) mass is 236 g/mol. The van der Waals surface area contributed by atoms with Crippen LogP contribution in [-0.2, 0) is 16.1 Å². The van der Waals surface area contributed by atoms with Gasteiger partial charge in [0.05, 0.1) is 19.8 Å². The van der Waals surface area contributed by atoms with Gasteiger partial charge in [-0.05, 0) is 11.5 Å². The number of benzene rings is 1. The van der Waals surface area contributed by atoms with Crippen molar-refractivity contribution in [3.8, 4) is 0 Å². The van der Waals surface area contributed by atoms with E-state index in [0.29, 0.717) is 19.8 Å². The number of carbonyl (C=O) groups excluding carboxylic acids is 1. The SMILES string of the molecule is CC(CNC(=O)CN)COCc1ccccc1. The molecule has 94 valence electrons. The van der Waals surface area contributed by atoms with Crippen molar-refractivity contribution in [1.29, 1.82) is 0 Å². The molecule has 0 saturated heterocycles. The van der Waals surface area contributed by atoms with Crippen LogP contribution in [-0.4, -0.2) is 25.6 Å². The van der Waals surface area contributed by atoms with E-state index in [4.69, 9.17) is 10.5 Å². The predicted octanol–water partition coefficient (Wildman–Crippen LogP) is 0.914.